The summed E-state index contributed by atoms with van der Waals surface area (Å²) in [5, 5.41) is 9.88. The van der Waals surface area contributed by atoms with Crippen molar-refractivity contribution in [3.63, 3.8) is 0 Å². The van der Waals surface area contributed by atoms with E-state index in [1.54, 1.807) is 0 Å². The molecule has 1 aromatic heterocycles. The van der Waals surface area contributed by atoms with E-state index in [4.69, 9.17) is 0 Å². The van der Waals surface area contributed by atoms with Gasteiger partial charge in [-0.25, -0.2) is 0 Å². The molecule has 0 bridgehead atoms. The second-order valence-electron chi connectivity index (χ2n) is 8.40. The van der Waals surface area contributed by atoms with E-state index in [1.165, 1.54) is 23.1 Å². The molecule has 2 heterocycles. The van der Waals surface area contributed by atoms with Crippen molar-refractivity contribution in [2.75, 3.05) is 26.2 Å². The number of aryl methyl sites for hydroxylation is 1. The normalized spacial score (nSPS) is 17.0. The maximum atomic E-state index is 9.88. The predicted octanol–water partition coefficient (Wildman–Crippen LogP) is 3.49. The summed E-state index contributed by atoms with van der Waals surface area (Å²) in [5.74, 6) is 0. The third-order valence-corrected chi connectivity index (χ3v) is 5.26. The Morgan fingerprint density at radius 3 is 2.11 bits per heavy atom. The molecule has 2 aromatic rings. The van der Waals surface area contributed by atoms with E-state index < -0.39 is 5.60 Å². The lowest BCUT2D eigenvalue weighted by atomic mass is 9.98. The molecule has 0 spiro atoms. The molecule has 0 aliphatic carbocycles. The van der Waals surface area contributed by atoms with Gasteiger partial charge in [-0.1, -0.05) is 30.3 Å². The molecule has 1 aliphatic heterocycles. The number of rotatable bonds is 7. The van der Waals surface area contributed by atoms with Crippen molar-refractivity contribution in [2.45, 2.75) is 51.8 Å². The Morgan fingerprint density at radius 2 is 1.52 bits per heavy atom. The quantitative estimate of drug-likeness (QED) is 0.813. The lowest BCUT2D eigenvalue weighted by Gasteiger charge is -2.22. The summed E-state index contributed by atoms with van der Waals surface area (Å²) in [7, 11) is 0. The molecule has 0 unspecified atom stereocenters. The van der Waals surface area contributed by atoms with Gasteiger partial charge in [0.05, 0.1) is 5.60 Å². The minimum atomic E-state index is -0.591. The van der Waals surface area contributed by atoms with Gasteiger partial charge in [-0.3, -0.25) is 14.8 Å². The number of aromatic nitrogens is 1. The fraction of sp³-hybridized carbons (Fsp3) is 0.522. The van der Waals surface area contributed by atoms with Crippen molar-refractivity contribution in [1.82, 2.24) is 14.8 Å². The maximum Gasteiger partial charge on any atom is 0.0594 e. The average molecular weight is 368 g/mol. The van der Waals surface area contributed by atoms with Crippen LogP contribution in [0.1, 0.15) is 43.4 Å². The van der Waals surface area contributed by atoms with E-state index in [2.05, 4.69) is 45.1 Å². The fourth-order valence-corrected chi connectivity index (χ4v) is 3.61. The molecule has 0 saturated carbocycles. The zero-order valence-corrected chi connectivity index (χ0v) is 16.8. The van der Waals surface area contributed by atoms with Crippen LogP contribution in [0.5, 0.6) is 0 Å². The third-order valence-electron chi connectivity index (χ3n) is 5.26. The van der Waals surface area contributed by atoms with Crippen LogP contribution >= 0.6 is 0 Å². The molecule has 0 amide bonds. The summed E-state index contributed by atoms with van der Waals surface area (Å²) < 4.78 is 0. The number of nitrogens with zero attached hydrogens (tertiary/aromatic N) is 3. The van der Waals surface area contributed by atoms with E-state index in [1.807, 2.05) is 32.3 Å². The highest BCUT2D eigenvalue weighted by atomic mass is 16.3. The van der Waals surface area contributed by atoms with Gasteiger partial charge in [-0.15, -0.1) is 0 Å². The third kappa shape index (κ3) is 7.06. The van der Waals surface area contributed by atoms with Crippen molar-refractivity contribution < 1.29 is 5.11 Å². The first-order chi connectivity index (χ1) is 13.0. The smallest absolute Gasteiger partial charge is 0.0594 e. The minimum absolute atomic E-state index is 0.591. The van der Waals surface area contributed by atoms with Gasteiger partial charge in [0.25, 0.3) is 0 Å². The van der Waals surface area contributed by atoms with Gasteiger partial charge in [0.1, 0.15) is 0 Å². The number of benzene rings is 1. The Kier molecular flexibility index (Phi) is 7.00. The van der Waals surface area contributed by atoms with E-state index in [0.717, 1.165) is 52.1 Å². The molecule has 146 valence electrons. The molecule has 4 nitrogen and oxygen atoms in total. The van der Waals surface area contributed by atoms with Gasteiger partial charge in [0.15, 0.2) is 0 Å². The highest BCUT2D eigenvalue weighted by Gasteiger charge is 2.16. The molecule has 4 heteroatoms. The zero-order valence-electron chi connectivity index (χ0n) is 16.8. The minimum Gasteiger partial charge on any atom is -0.390 e. The van der Waals surface area contributed by atoms with Crippen LogP contribution < -0.4 is 0 Å². The molecule has 1 aromatic carbocycles. The van der Waals surface area contributed by atoms with Crippen LogP contribution in [0, 0.1) is 0 Å². The second-order valence-corrected chi connectivity index (χ2v) is 8.40. The number of aliphatic hydroxyl groups is 1. The van der Waals surface area contributed by atoms with Crippen LogP contribution in [0.2, 0.25) is 0 Å². The van der Waals surface area contributed by atoms with E-state index >= 15 is 0 Å². The van der Waals surface area contributed by atoms with Gasteiger partial charge >= 0.3 is 0 Å². The summed E-state index contributed by atoms with van der Waals surface area (Å²) in [6, 6.07) is 13.1. The van der Waals surface area contributed by atoms with E-state index in [9.17, 15) is 5.11 Å². The predicted molar refractivity (Wildman–Crippen MR) is 110 cm³/mol. The zero-order chi connectivity index (χ0) is 19.1. The lowest BCUT2D eigenvalue weighted by molar-refractivity contribution is 0.0714. The summed E-state index contributed by atoms with van der Waals surface area (Å²) >= 11 is 0. The van der Waals surface area contributed by atoms with Crippen molar-refractivity contribution in [3.8, 4) is 0 Å². The van der Waals surface area contributed by atoms with Crippen molar-refractivity contribution in [1.29, 1.82) is 0 Å². The first-order valence-electron chi connectivity index (χ1n) is 10.1. The van der Waals surface area contributed by atoms with E-state index in [-0.39, 0.29) is 0 Å². The summed E-state index contributed by atoms with van der Waals surface area (Å²) in [4.78, 5) is 9.33. The van der Waals surface area contributed by atoms with Crippen molar-refractivity contribution in [2.24, 2.45) is 0 Å². The molecule has 1 N–H and O–H groups in total. The van der Waals surface area contributed by atoms with Crippen molar-refractivity contribution >= 4 is 0 Å². The van der Waals surface area contributed by atoms with Crippen LogP contribution in [-0.4, -0.2) is 51.7 Å². The van der Waals surface area contributed by atoms with Crippen LogP contribution in [0.3, 0.4) is 0 Å². The Bertz CT molecular complexity index is 679. The standard InChI is InChI=1S/C23H33N3O/c1-23(2,27)11-10-20-6-8-21(9-7-20)18-25-13-4-14-26(16-15-25)19-22-5-3-12-24-17-22/h3,5-9,12,17,27H,4,10-11,13-16,18-19H2,1-2H3. The molecule has 3 rings (SSSR count). The monoisotopic (exact) mass is 367 g/mol. The Hall–Kier alpha value is -1.75. The topological polar surface area (TPSA) is 39.6 Å². The second kappa shape index (κ2) is 9.45. The molecular formula is C23H33N3O. The van der Waals surface area contributed by atoms with Gasteiger partial charge in [-0.05, 0) is 69.0 Å². The highest BCUT2D eigenvalue weighted by molar-refractivity contribution is 5.23. The Balaban J connectivity index is 1.47. The Labute approximate surface area is 163 Å². The Morgan fingerprint density at radius 1 is 0.889 bits per heavy atom. The molecule has 1 saturated heterocycles. The molecule has 0 atom stereocenters. The van der Waals surface area contributed by atoms with Crippen molar-refractivity contribution in [3.05, 3.63) is 65.5 Å². The fourth-order valence-electron chi connectivity index (χ4n) is 3.61. The molecule has 27 heavy (non-hydrogen) atoms. The summed E-state index contributed by atoms with van der Waals surface area (Å²) in [6.45, 7) is 10.3. The van der Waals surface area contributed by atoms with Crippen LogP contribution in [0.15, 0.2) is 48.8 Å². The largest absolute Gasteiger partial charge is 0.390 e. The van der Waals surface area contributed by atoms with E-state index in [0.29, 0.717) is 0 Å². The average Bonchev–Trinajstić information content (AvgIpc) is 2.87. The van der Waals surface area contributed by atoms with Gasteiger partial charge in [0, 0.05) is 38.6 Å². The summed E-state index contributed by atoms with van der Waals surface area (Å²) in [5.41, 5.74) is 3.39. The van der Waals surface area contributed by atoms with Crippen LogP contribution in [0.4, 0.5) is 0 Å². The number of hydrogen-bond donors (Lipinski definition) is 1. The van der Waals surface area contributed by atoms with Gasteiger partial charge < -0.3 is 5.11 Å². The first kappa shape index (κ1) is 20.0. The maximum absolute atomic E-state index is 9.88. The number of hydrogen-bond acceptors (Lipinski definition) is 4. The van der Waals surface area contributed by atoms with Gasteiger partial charge in [-0.2, -0.15) is 0 Å². The molecule has 1 fully saturated rings. The molecule has 1 aliphatic rings. The van der Waals surface area contributed by atoms with Crippen LogP contribution in [-0.2, 0) is 19.5 Å². The first-order valence-corrected chi connectivity index (χ1v) is 10.1. The summed E-state index contributed by atoms with van der Waals surface area (Å²) in [6.07, 6.45) is 6.75. The number of pyridine rings is 1. The SMILES string of the molecule is CC(C)(O)CCc1ccc(CN2CCCN(Cc3cccnc3)CC2)cc1. The van der Waals surface area contributed by atoms with Gasteiger partial charge in [0.2, 0.25) is 0 Å². The molecular weight excluding hydrogens is 334 g/mol. The molecule has 0 radical (unpaired) electrons. The highest BCUT2D eigenvalue weighted by Crippen LogP contribution is 2.16. The lowest BCUT2D eigenvalue weighted by Crippen LogP contribution is -2.30. The van der Waals surface area contributed by atoms with Crippen LogP contribution in [0.25, 0.3) is 0 Å².